The first kappa shape index (κ1) is 28.0. The molecule has 7 heteroatoms. The van der Waals surface area contributed by atoms with E-state index in [9.17, 15) is 9.59 Å². The summed E-state index contributed by atoms with van der Waals surface area (Å²) in [6.07, 6.45) is 17.2. The van der Waals surface area contributed by atoms with Crippen molar-refractivity contribution in [2.45, 2.75) is 77.7 Å². The smallest absolute Gasteiger partial charge is 0.325 e. The van der Waals surface area contributed by atoms with E-state index in [-0.39, 0.29) is 41.6 Å². The van der Waals surface area contributed by atoms with Crippen LogP contribution in [0.5, 0.6) is 0 Å². The van der Waals surface area contributed by atoms with Crippen molar-refractivity contribution in [3.05, 3.63) is 47.8 Å². The summed E-state index contributed by atoms with van der Waals surface area (Å²) in [6, 6.07) is 4.33. The Morgan fingerprint density at radius 2 is 1.92 bits per heavy atom. The molecule has 0 spiro atoms. The number of carbonyl (C=O) groups is 2. The van der Waals surface area contributed by atoms with Crippen molar-refractivity contribution in [3.63, 3.8) is 0 Å². The van der Waals surface area contributed by atoms with Crippen LogP contribution in [0.15, 0.2) is 42.3 Å². The number of hydroxylamine groups is 1. The normalized spacial score (nSPS) is 33.4. The predicted molar refractivity (Wildman–Crippen MR) is 153 cm³/mol. The fraction of sp³-hybridized carbons (Fsp3) is 0.656. The van der Waals surface area contributed by atoms with Crippen LogP contribution in [0.25, 0.3) is 5.57 Å². The molecule has 4 aliphatic carbocycles. The molecule has 5 rings (SSSR count). The van der Waals surface area contributed by atoms with Crippen LogP contribution in [0.2, 0.25) is 0 Å². The zero-order valence-electron chi connectivity index (χ0n) is 24.2. The van der Waals surface area contributed by atoms with Crippen LogP contribution in [0.3, 0.4) is 0 Å². The first-order chi connectivity index (χ1) is 18.7. The number of likely N-dealkylation sites (N-methyl/N-ethyl adjacent to an activating group) is 1. The third-order valence-electron chi connectivity index (χ3n) is 10.4. The number of nitrogens with zero attached hydrogens (tertiary/aromatic N) is 2. The number of aromatic nitrogens is 1. The SMILES string of the molecule is CN(C)CCNC(=O)CCC(=O)ONC1C=C2CCC3C(CCC4(C)C(c5cccnc5)=CCC34)C2(C)CC1. The van der Waals surface area contributed by atoms with E-state index in [0.29, 0.717) is 18.4 Å². The van der Waals surface area contributed by atoms with Crippen molar-refractivity contribution >= 4 is 17.4 Å². The van der Waals surface area contributed by atoms with Gasteiger partial charge in [0.2, 0.25) is 5.91 Å². The molecule has 1 aromatic heterocycles. The van der Waals surface area contributed by atoms with Crippen molar-refractivity contribution in [1.82, 2.24) is 20.7 Å². The molecule has 7 nitrogen and oxygen atoms in total. The van der Waals surface area contributed by atoms with Gasteiger partial charge < -0.3 is 15.1 Å². The third kappa shape index (κ3) is 5.71. The average molecular weight is 535 g/mol. The molecule has 2 saturated carbocycles. The van der Waals surface area contributed by atoms with Gasteiger partial charge >= 0.3 is 5.97 Å². The largest absolute Gasteiger partial charge is 0.370 e. The molecule has 4 aliphatic rings. The summed E-state index contributed by atoms with van der Waals surface area (Å²) in [7, 11) is 3.92. The average Bonchev–Trinajstić information content (AvgIpc) is 3.28. The highest BCUT2D eigenvalue weighted by Crippen LogP contribution is 2.66. The van der Waals surface area contributed by atoms with Gasteiger partial charge in [0, 0.05) is 31.9 Å². The van der Waals surface area contributed by atoms with Gasteiger partial charge in [-0.05, 0) is 105 Å². The zero-order chi connectivity index (χ0) is 27.6. The number of nitrogens with one attached hydrogen (secondary N) is 2. The number of rotatable bonds is 9. The third-order valence-corrected chi connectivity index (χ3v) is 10.4. The van der Waals surface area contributed by atoms with E-state index in [4.69, 9.17) is 4.84 Å². The van der Waals surface area contributed by atoms with E-state index in [2.05, 4.69) is 53.9 Å². The minimum atomic E-state index is -0.377. The summed E-state index contributed by atoms with van der Waals surface area (Å²) in [4.78, 5) is 36.0. The number of fused-ring (bicyclic) bond motifs is 5. The van der Waals surface area contributed by atoms with Gasteiger partial charge in [-0.1, -0.05) is 37.6 Å². The topological polar surface area (TPSA) is 83.6 Å². The number of allylic oxidation sites excluding steroid dienone is 3. The first-order valence-electron chi connectivity index (χ1n) is 14.9. The molecular weight excluding hydrogens is 488 g/mol. The number of carbonyl (C=O) groups excluding carboxylic acids is 2. The molecule has 1 amide bonds. The lowest BCUT2D eigenvalue weighted by Gasteiger charge is -2.58. The van der Waals surface area contributed by atoms with E-state index in [1.165, 1.54) is 36.8 Å². The van der Waals surface area contributed by atoms with E-state index in [1.54, 1.807) is 5.57 Å². The molecule has 0 aliphatic heterocycles. The highest BCUT2D eigenvalue weighted by Gasteiger charge is 2.57. The Morgan fingerprint density at radius 1 is 1.10 bits per heavy atom. The van der Waals surface area contributed by atoms with Crippen LogP contribution >= 0.6 is 0 Å². The van der Waals surface area contributed by atoms with E-state index >= 15 is 0 Å². The maximum absolute atomic E-state index is 12.3. The van der Waals surface area contributed by atoms with Gasteiger partial charge in [-0.15, -0.1) is 5.48 Å². The molecule has 39 heavy (non-hydrogen) atoms. The number of amides is 1. The lowest BCUT2D eigenvalue weighted by Crippen LogP contribution is -2.51. The molecule has 2 fully saturated rings. The maximum atomic E-state index is 12.3. The van der Waals surface area contributed by atoms with Crippen LogP contribution < -0.4 is 10.8 Å². The monoisotopic (exact) mass is 534 g/mol. The second-order valence-electron chi connectivity index (χ2n) is 13.0. The van der Waals surface area contributed by atoms with Gasteiger partial charge in [0.15, 0.2) is 0 Å². The van der Waals surface area contributed by atoms with Crippen molar-refractivity contribution in [1.29, 1.82) is 0 Å². The van der Waals surface area contributed by atoms with Crippen LogP contribution in [0, 0.1) is 28.6 Å². The van der Waals surface area contributed by atoms with Crippen LogP contribution in [-0.2, 0) is 14.4 Å². The molecule has 2 N–H and O–H groups in total. The molecule has 6 unspecified atom stereocenters. The predicted octanol–water partition coefficient (Wildman–Crippen LogP) is 4.91. The second kappa shape index (κ2) is 11.5. The van der Waals surface area contributed by atoms with Gasteiger partial charge in [-0.25, -0.2) is 0 Å². The van der Waals surface area contributed by atoms with Crippen molar-refractivity contribution in [3.8, 4) is 0 Å². The Labute approximate surface area is 233 Å². The van der Waals surface area contributed by atoms with Crippen LogP contribution in [0.4, 0.5) is 0 Å². The summed E-state index contributed by atoms with van der Waals surface area (Å²) < 4.78 is 0. The highest BCUT2D eigenvalue weighted by molar-refractivity contribution is 5.81. The van der Waals surface area contributed by atoms with E-state index in [1.807, 2.05) is 31.4 Å². The van der Waals surface area contributed by atoms with Gasteiger partial charge in [0.25, 0.3) is 0 Å². The Morgan fingerprint density at radius 3 is 2.69 bits per heavy atom. The van der Waals surface area contributed by atoms with Gasteiger partial charge in [0.05, 0.1) is 12.5 Å². The van der Waals surface area contributed by atoms with Crippen molar-refractivity contribution in [2.24, 2.45) is 28.6 Å². The standard InChI is InChI=1S/C32H46N4O3/c1-31-15-13-24(35-39-30(38)12-11-29(37)34-18-19-36(3)4)20-23(31)7-8-25-27-10-9-26(22-6-5-17-33-21-22)32(27,2)16-14-28(25)31/h5-6,9,17,20-21,24-25,27-28,35H,7-8,10-16,18-19H2,1-4H3,(H,34,37). The first-order valence-corrected chi connectivity index (χ1v) is 14.9. The number of hydrogen-bond donors (Lipinski definition) is 2. The maximum Gasteiger partial charge on any atom is 0.325 e. The van der Waals surface area contributed by atoms with Crippen molar-refractivity contribution in [2.75, 3.05) is 27.2 Å². The van der Waals surface area contributed by atoms with Crippen molar-refractivity contribution < 1.29 is 14.4 Å². The lowest BCUT2D eigenvalue weighted by molar-refractivity contribution is -0.153. The molecule has 212 valence electrons. The molecule has 1 aromatic rings. The van der Waals surface area contributed by atoms with E-state index in [0.717, 1.165) is 31.7 Å². The summed E-state index contributed by atoms with van der Waals surface area (Å²) in [5.41, 5.74) is 7.86. The summed E-state index contributed by atoms with van der Waals surface area (Å²) in [5.74, 6) is 1.68. The van der Waals surface area contributed by atoms with Crippen LogP contribution in [0.1, 0.15) is 77.2 Å². The quantitative estimate of drug-likeness (QED) is 0.346. The summed E-state index contributed by atoms with van der Waals surface area (Å²) >= 11 is 0. The van der Waals surface area contributed by atoms with Gasteiger partial charge in [-0.3, -0.25) is 14.6 Å². The molecule has 0 aromatic carbocycles. The fourth-order valence-electron chi connectivity index (χ4n) is 8.27. The Hall–Kier alpha value is -2.51. The van der Waals surface area contributed by atoms with Crippen LogP contribution in [-0.4, -0.2) is 55.0 Å². The summed E-state index contributed by atoms with van der Waals surface area (Å²) in [6.45, 7) is 6.37. The Balaban J connectivity index is 1.15. The molecule has 6 atom stereocenters. The molecule has 1 heterocycles. The molecule has 0 radical (unpaired) electrons. The van der Waals surface area contributed by atoms with Gasteiger partial charge in [0.1, 0.15) is 0 Å². The lowest BCUT2D eigenvalue weighted by atomic mass is 9.46. The van der Waals surface area contributed by atoms with E-state index < -0.39 is 0 Å². The summed E-state index contributed by atoms with van der Waals surface area (Å²) in [5, 5.41) is 2.84. The second-order valence-corrected chi connectivity index (χ2v) is 13.0. The van der Waals surface area contributed by atoms with Gasteiger partial charge in [-0.2, -0.15) is 0 Å². The minimum absolute atomic E-state index is 0.0432. The Kier molecular flexibility index (Phi) is 8.29. The zero-order valence-corrected chi connectivity index (χ0v) is 24.2. The number of pyridine rings is 1. The number of hydrogen-bond acceptors (Lipinski definition) is 6. The minimum Gasteiger partial charge on any atom is -0.370 e. The highest BCUT2D eigenvalue weighted by atomic mass is 16.7. The molecule has 0 bridgehead atoms. The molecule has 0 saturated heterocycles. The fourth-order valence-corrected chi connectivity index (χ4v) is 8.27. The Bertz CT molecular complexity index is 1120. The molecular formula is C32H46N4O3.